The molecule has 1 aromatic rings. The van der Waals surface area contributed by atoms with Gasteiger partial charge in [-0.15, -0.1) is 0 Å². The first-order chi connectivity index (χ1) is 6.95. The van der Waals surface area contributed by atoms with Crippen LogP contribution in [-0.2, 0) is 6.54 Å². The molecule has 1 aliphatic rings. The molecule has 1 unspecified atom stereocenters. The van der Waals surface area contributed by atoms with Crippen molar-refractivity contribution in [3.63, 3.8) is 0 Å². The fourth-order valence-electron chi connectivity index (χ4n) is 1.79. The normalized spacial score (nSPS) is 21.3. The highest BCUT2D eigenvalue weighted by atomic mass is 15.3. The summed E-state index contributed by atoms with van der Waals surface area (Å²) in [6.07, 6.45) is 12.0. The first kappa shape index (κ1) is 9.46. The number of hydrogen-bond donors (Lipinski definition) is 1. The number of rotatable bonds is 4. The van der Waals surface area contributed by atoms with E-state index in [2.05, 4.69) is 22.6 Å². The zero-order valence-electron chi connectivity index (χ0n) is 8.39. The van der Waals surface area contributed by atoms with Gasteiger partial charge in [0.15, 0.2) is 0 Å². The Labute approximate surface area is 84.8 Å². The molecular weight excluding hydrogens is 174 g/mol. The zero-order chi connectivity index (χ0) is 9.64. The molecule has 1 atom stereocenters. The molecule has 3 heteroatoms. The van der Waals surface area contributed by atoms with Crippen molar-refractivity contribution in [3.05, 3.63) is 30.6 Å². The molecule has 76 valence electrons. The van der Waals surface area contributed by atoms with E-state index in [1.807, 2.05) is 23.1 Å². The molecule has 1 aromatic heterocycles. The standard InChI is InChI=1S/C11H17N3/c1-2-5-11(6-3-1)12-8-10-14-9-4-7-13-14/h1-2,4,7,9,11-12H,3,5-6,8,10H2. The highest BCUT2D eigenvalue weighted by Gasteiger charge is 2.07. The lowest BCUT2D eigenvalue weighted by Crippen LogP contribution is -2.32. The van der Waals surface area contributed by atoms with Crippen molar-refractivity contribution in [1.29, 1.82) is 0 Å². The van der Waals surface area contributed by atoms with E-state index in [1.165, 1.54) is 19.3 Å². The summed E-state index contributed by atoms with van der Waals surface area (Å²) in [6, 6.07) is 2.64. The summed E-state index contributed by atoms with van der Waals surface area (Å²) in [6.45, 7) is 1.98. The van der Waals surface area contributed by atoms with E-state index in [1.54, 1.807) is 0 Å². The Balaban J connectivity index is 1.65. The lowest BCUT2D eigenvalue weighted by atomic mass is 10.0. The molecule has 1 N–H and O–H groups in total. The minimum Gasteiger partial charge on any atom is -0.312 e. The van der Waals surface area contributed by atoms with Crippen molar-refractivity contribution in [1.82, 2.24) is 15.1 Å². The first-order valence-electron chi connectivity index (χ1n) is 5.31. The van der Waals surface area contributed by atoms with E-state index < -0.39 is 0 Å². The first-order valence-corrected chi connectivity index (χ1v) is 5.31. The van der Waals surface area contributed by atoms with Gasteiger partial charge in [0.05, 0.1) is 6.54 Å². The molecule has 0 saturated heterocycles. The molecule has 0 radical (unpaired) electrons. The minimum atomic E-state index is 0.676. The number of hydrogen-bond acceptors (Lipinski definition) is 2. The predicted molar refractivity (Wildman–Crippen MR) is 57.0 cm³/mol. The maximum absolute atomic E-state index is 4.16. The molecule has 0 fully saturated rings. The molecule has 0 saturated carbocycles. The van der Waals surface area contributed by atoms with Crippen molar-refractivity contribution >= 4 is 0 Å². The van der Waals surface area contributed by atoms with E-state index in [0.29, 0.717) is 6.04 Å². The monoisotopic (exact) mass is 191 g/mol. The van der Waals surface area contributed by atoms with E-state index in [-0.39, 0.29) is 0 Å². The van der Waals surface area contributed by atoms with Crippen LogP contribution in [-0.4, -0.2) is 22.4 Å². The third-order valence-electron chi connectivity index (χ3n) is 2.60. The molecule has 0 aromatic carbocycles. The number of allylic oxidation sites excluding steroid dienone is 1. The second-order valence-corrected chi connectivity index (χ2v) is 3.70. The summed E-state index contributed by atoms with van der Waals surface area (Å²) >= 11 is 0. The van der Waals surface area contributed by atoms with Gasteiger partial charge in [0.1, 0.15) is 0 Å². The molecule has 0 amide bonds. The molecule has 0 aliphatic heterocycles. The molecule has 1 aliphatic carbocycles. The molecule has 0 bridgehead atoms. The van der Waals surface area contributed by atoms with Crippen molar-refractivity contribution in [2.75, 3.05) is 6.54 Å². The topological polar surface area (TPSA) is 29.9 Å². The van der Waals surface area contributed by atoms with Crippen LogP contribution >= 0.6 is 0 Å². The SMILES string of the molecule is C1=CCC(NCCn2cccn2)CC1. The molecular formula is C11H17N3. The van der Waals surface area contributed by atoms with Gasteiger partial charge in [-0.3, -0.25) is 4.68 Å². The van der Waals surface area contributed by atoms with Gasteiger partial charge < -0.3 is 5.32 Å². The largest absolute Gasteiger partial charge is 0.312 e. The van der Waals surface area contributed by atoms with E-state index in [4.69, 9.17) is 0 Å². The number of aromatic nitrogens is 2. The van der Waals surface area contributed by atoms with Crippen molar-refractivity contribution in [2.24, 2.45) is 0 Å². The maximum atomic E-state index is 4.16. The quantitative estimate of drug-likeness (QED) is 0.732. The van der Waals surface area contributed by atoms with Gasteiger partial charge in [0.2, 0.25) is 0 Å². The van der Waals surface area contributed by atoms with Crippen LogP contribution in [0.5, 0.6) is 0 Å². The van der Waals surface area contributed by atoms with Crippen LogP contribution < -0.4 is 5.32 Å². The van der Waals surface area contributed by atoms with Gasteiger partial charge in [-0.25, -0.2) is 0 Å². The van der Waals surface area contributed by atoms with Gasteiger partial charge in [0.25, 0.3) is 0 Å². The molecule has 2 rings (SSSR count). The Kier molecular flexibility index (Phi) is 3.35. The van der Waals surface area contributed by atoms with Crippen molar-refractivity contribution in [3.8, 4) is 0 Å². The van der Waals surface area contributed by atoms with Crippen LogP contribution in [0.15, 0.2) is 30.6 Å². The van der Waals surface area contributed by atoms with Crippen LogP contribution in [0.3, 0.4) is 0 Å². The summed E-state index contributed by atoms with van der Waals surface area (Å²) in [4.78, 5) is 0. The van der Waals surface area contributed by atoms with Crippen LogP contribution in [0, 0.1) is 0 Å². The Morgan fingerprint density at radius 1 is 1.43 bits per heavy atom. The number of nitrogens with one attached hydrogen (secondary N) is 1. The smallest absolute Gasteiger partial charge is 0.0534 e. The molecule has 0 spiro atoms. The van der Waals surface area contributed by atoms with E-state index in [9.17, 15) is 0 Å². The Morgan fingerprint density at radius 3 is 3.14 bits per heavy atom. The third kappa shape index (κ3) is 2.70. The summed E-state index contributed by atoms with van der Waals surface area (Å²) in [5.74, 6) is 0. The Hall–Kier alpha value is -1.09. The van der Waals surface area contributed by atoms with Crippen LogP contribution in [0.1, 0.15) is 19.3 Å². The number of nitrogens with zero attached hydrogens (tertiary/aromatic N) is 2. The van der Waals surface area contributed by atoms with Crippen LogP contribution in [0.2, 0.25) is 0 Å². The second kappa shape index (κ2) is 4.96. The predicted octanol–water partition coefficient (Wildman–Crippen LogP) is 1.58. The maximum Gasteiger partial charge on any atom is 0.0534 e. The van der Waals surface area contributed by atoms with Gasteiger partial charge >= 0.3 is 0 Å². The van der Waals surface area contributed by atoms with E-state index in [0.717, 1.165) is 13.1 Å². The lowest BCUT2D eigenvalue weighted by Gasteiger charge is -2.19. The molecule has 3 nitrogen and oxygen atoms in total. The zero-order valence-corrected chi connectivity index (χ0v) is 8.39. The highest BCUT2D eigenvalue weighted by molar-refractivity contribution is 4.92. The summed E-state index contributed by atoms with van der Waals surface area (Å²) in [5.41, 5.74) is 0. The van der Waals surface area contributed by atoms with Crippen LogP contribution in [0.25, 0.3) is 0 Å². The second-order valence-electron chi connectivity index (χ2n) is 3.70. The fraction of sp³-hybridized carbons (Fsp3) is 0.545. The van der Waals surface area contributed by atoms with Gasteiger partial charge in [-0.05, 0) is 25.3 Å². The average Bonchev–Trinajstić information content (AvgIpc) is 2.72. The Bertz CT molecular complexity index is 277. The van der Waals surface area contributed by atoms with Crippen molar-refractivity contribution < 1.29 is 0 Å². The van der Waals surface area contributed by atoms with Crippen molar-refractivity contribution in [2.45, 2.75) is 31.8 Å². The Morgan fingerprint density at radius 2 is 2.43 bits per heavy atom. The fourth-order valence-corrected chi connectivity index (χ4v) is 1.79. The van der Waals surface area contributed by atoms with Gasteiger partial charge in [0, 0.05) is 25.0 Å². The summed E-state index contributed by atoms with van der Waals surface area (Å²) in [7, 11) is 0. The molecule has 14 heavy (non-hydrogen) atoms. The highest BCUT2D eigenvalue weighted by Crippen LogP contribution is 2.09. The van der Waals surface area contributed by atoms with Crippen LogP contribution in [0.4, 0.5) is 0 Å². The summed E-state index contributed by atoms with van der Waals surface area (Å²) < 4.78 is 1.96. The lowest BCUT2D eigenvalue weighted by molar-refractivity contribution is 0.448. The minimum absolute atomic E-state index is 0.676. The van der Waals surface area contributed by atoms with E-state index >= 15 is 0 Å². The molecule has 1 heterocycles. The van der Waals surface area contributed by atoms with Gasteiger partial charge in [-0.1, -0.05) is 12.2 Å². The summed E-state index contributed by atoms with van der Waals surface area (Å²) in [5, 5.41) is 7.71. The third-order valence-corrected chi connectivity index (χ3v) is 2.60. The van der Waals surface area contributed by atoms with Gasteiger partial charge in [-0.2, -0.15) is 5.10 Å². The average molecular weight is 191 g/mol.